The second kappa shape index (κ2) is 9.70. The summed E-state index contributed by atoms with van der Waals surface area (Å²) in [5, 5.41) is 3.36. The maximum Gasteiger partial charge on any atom is 0.242 e. The average Bonchev–Trinajstić information content (AvgIpc) is 2.76. The van der Waals surface area contributed by atoms with Crippen molar-refractivity contribution in [3.8, 4) is 0 Å². The minimum Gasteiger partial charge on any atom is -0.368 e. The van der Waals surface area contributed by atoms with Crippen LogP contribution in [0, 0.1) is 13.8 Å². The fourth-order valence-electron chi connectivity index (χ4n) is 3.84. The first-order chi connectivity index (χ1) is 14.8. The van der Waals surface area contributed by atoms with Crippen molar-refractivity contribution in [3.05, 3.63) is 59.2 Å². The van der Waals surface area contributed by atoms with Crippen molar-refractivity contribution in [2.24, 2.45) is 4.99 Å². The lowest BCUT2D eigenvalue weighted by Gasteiger charge is -2.38. The lowest BCUT2D eigenvalue weighted by molar-refractivity contribution is 0.372. The van der Waals surface area contributed by atoms with E-state index < -0.39 is 10.0 Å². The van der Waals surface area contributed by atoms with Gasteiger partial charge in [-0.05, 0) is 42.7 Å². The minimum absolute atomic E-state index is 0.322. The van der Waals surface area contributed by atoms with Crippen LogP contribution in [0.5, 0.6) is 0 Å². The molecule has 0 radical (unpaired) electrons. The fraction of sp³-hybridized carbons (Fsp3) is 0.435. The van der Waals surface area contributed by atoms with Crippen LogP contribution < -0.4 is 10.2 Å². The van der Waals surface area contributed by atoms with E-state index in [0.717, 1.165) is 37.7 Å². The lowest BCUT2D eigenvalue weighted by atomic mass is 10.1. The lowest BCUT2D eigenvalue weighted by Crippen LogP contribution is -2.52. The van der Waals surface area contributed by atoms with Crippen molar-refractivity contribution in [1.29, 1.82) is 0 Å². The Kier molecular flexibility index (Phi) is 7.23. The number of aryl methyl sites for hydroxylation is 1. The van der Waals surface area contributed by atoms with Crippen LogP contribution in [0.1, 0.15) is 16.7 Å². The number of rotatable bonds is 5. The van der Waals surface area contributed by atoms with Crippen molar-refractivity contribution in [3.63, 3.8) is 0 Å². The number of guanidine groups is 1. The van der Waals surface area contributed by atoms with Gasteiger partial charge in [0.15, 0.2) is 5.96 Å². The van der Waals surface area contributed by atoms with Gasteiger partial charge in [-0.15, -0.1) is 0 Å². The summed E-state index contributed by atoms with van der Waals surface area (Å²) in [4.78, 5) is 9.41. The van der Waals surface area contributed by atoms with Gasteiger partial charge in [0.05, 0.1) is 4.90 Å². The number of sulfonamides is 1. The molecule has 3 rings (SSSR count). The zero-order chi connectivity index (χ0) is 22.6. The van der Waals surface area contributed by atoms with Gasteiger partial charge in [0.25, 0.3) is 0 Å². The predicted octanol–water partition coefficient (Wildman–Crippen LogP) is 2.45. The van der Waals surface area contributed by atoms with E-state index in [1.807, 2.05) is 12.1 Å². The Balaban J connectivity index is 1.66. The maximum absolute atomic E-state index is 12.6. The van der Waals surface area contributed by atoms with Gasteiger partial charge in [-0.1, -0.05) is 30.3 Å². The van der Waals surface area contributed by atoms with Crippen molar-refractivity contribution < 1.29 is 8.42 Å². The van der Waals surface area contributed by atoms with E-state index >= 15 is 0 Å². The third kappa shape index (κ3) is 5.02. The molecule has 8 heteroatoms. The normalized spacial score (nSPS) is 15.5. The van der Waals surface area contributed by atoms with Crippen LogP contribution in [0.15, 0.2) is 52.4 Å². The van der Waals surface area contributed by atoms with E-state index in [1.54, 1.807) is 33.3 Å². The van der Waals surface area contributed by atoms with E-state index in [-0.39, 0.29) is 0 Å². The number of piperazine rings is 1. The molecule has 1 fully saturated rings. The van der Waals surface area contributed by atoms with Gasteiger partial charge < -0.3 is 15.1 Å². The monoisotopic (exact) mass is 443 g/mol. The Bertz CT molecular complexity index is 1040. The fourth-order valence-corrected chi connectivity index (χ4v) is 4.96. The van der Waals surface area contributed by atoms with Crippen LogP contribution in [0.4, 0.5) is 5.69 Å². The molecule has 0 amide bonds. The second-order valence-electron chi connectivity index (χ2n) is 7.99. The number of nitrogens with one attached hydrogen (secondary N) is 1. The van der Waals surface area contributed by atoms with Gasteiger partial charge in [-0.25, -0.2) is 12.7 Å². The molecule has 0 spiro atoms. The summed E-state index contributed by atoms with van der Waals surface area (Å²) in [6.07, 6.45) is 0. The SMILES string of the molecule is CN=C(NCc1ccccc1S(=O)(=O)N(C)C)N1CCN(c2cccc(C)c2C)CC1. The largest absolute Gasteiger partial charge is 0.368 e. The smallest absolute Gasteiger partial charge is 0.242 e. The highest BCUT2D eigenvalue weighted by atomic mass is 32.2. The zero-order valence-electron chi connectivity index (χ0n) is 19.1. The molecule has 2 aromatic carbocycles. The second-order valence-corrected chi connectivity index (χ2v) is 10.1. The molecule has 31 heavy (non-hydrogen) atoms. The van der Waals surface area contributed by atoms with Gasteiger partial charge in [0.1, 0.15) is 0 Å². The van der Waals surface area contributed by atoms with Crippen LogP contribution in [0.2, 0.25) is 0 Å². The average molecular weight is 444 g/mol. The molecule has 168 valence electrons. The molecule has 0 aliphatic carbocycles. The standard InChI is InChI=1S/C23H33N5O2S/c1-18-9-8-11-21(19(18)2)27-13-15-28(16-14-27)23(24-3)25-17-20-10-6-7-12-22(20)31(29,30)26(4)5/h6-12H,13-17H2,1-5H3,(H,24,25). The van der Waals surface area contributed by atoms with E-state index in [0.29, 0.717) is 11.4 Å². The van der Waals surface area contributed by atoms with E-state index in [2.05, 4.69) is 52.2 Å². The first kappa shape index (κ1) is 23.1. The predicted molar refractivity (Wildman–Crippen MR) is 127 cm³/mol. The molecule has 7 nitrogen and oxygen atoms in total. The summed E-state index contributed by atoms with van der Waals surface area (Å²) >= 11 is 0. The molecule has 1 N–H and O–H groups in total. The topological polar surface area (TPSA) is 68.2 Å². The van der Waals surface area contributed by atoms with Crippen LogP contribution in [-0.4, -0.2) is 70.9 Å². The highest BCUT2D eigenvalue weighted by molar-refractivity contribution is 7.89. The minimum atomic E-state index is -3.50. The molecule has 1 heterocycles. The Hall–Kier alpha value is -2.58. The summed E-state index contributed by atoms with van der Waals surface area (Å²) in [7, 11) is 1.37. The summed E-state index contributed by atoms with van der Waals surface area (Å²) in [5.74, 6) is 0.790. The number of anilines is 1. The summed E-state index contributed by atoms with van der Waals surface area (Å²) in [5.41, 5.74) is 4.66. The number of hydrogen-bond donors (Lipinski definition) is 1. The van der Waals surface area contributed by atoms with E-state index in [9.17, 15) is 8.42 Å². The van der Waals surface area contributed by atoms with Crippen molar-refractivity contribution in [1.82, 2.24) is 14.5 Å². The first-order valence-electron chi connectivity index (χ1n) is 10.5. The number of nitrogens with zero attached hydrogens (tertiary/aromatic N) is 4. The molecule has 1 aliphatic rings. The Morgan fingerprint density at radius 2 is 1.71 bits per heavy atom. The number of aliphatic imine (C=N–C) groups is 1. The molecule has 0 atom stereocenters. The molecule has 0 unspecified atom stereocenters. The van der Waals surface area contributed by atoms with Gasteiger partial charge >= 0.3 is 0 Å². The summed E-state index contributed by atoms with van der Waals surface area (Å²) < 4.78 is 26.5. The van der Waals surface area contributed by atoms with E-state index in [4.69, 9.17) is 0 Å². The quantitative estimate of drug-likeness (QED) is 0.568. The van der Waals surface area contributed by atoms with Crippen LogP contribution in [0.25, 0.3) is 0 Å². The van der Waals surface area contributed by atoms with Crippen molar-refractivity contribution >= 4 is 21.7 Å². The molecular formula is C23H33N5O2S. The molecule has 1 aliphatic heterocycles. The van der Waals surface area contributed by atoms with Crippen LogP contribution >= 0.6 is 0 Å². The maximum atomic E-state index is 12.6. The highest BCUT2D eigenvalue weighted by Crippen LogP contribution is 2.24. The molecule has 2 aromatic rings. The Morgan fingerprint density at radius 1 is 1.03 bits per heavy atom. The zero-order valence-corrected chi connectivity index (χ0v) is 19.9. The third-order valence-corrected chi connectivity index (χ3v) is 7.79. The molecule has 1 saturated heterocycles. The van der Waals surface area contributed by atoms with Crippen LogP contribution in [0.3, 0.4) is 0 Å². The van der Waals surface area contributed by atoms with Crippen LogP contribution in [-0.2, 0) is 16.6 Å². The Morgan fingerprint density at radius 3 is 2.35 bits per heavy atom. The van der Waals surface area contributed by atoms with Crippen molar-refractivity contribution in [2.75, 3.05) is 52.2 Å². The highest BCUT2D eigenvalue weighted by Gasteiger charge is 2.23. The van der Waals surface area contributed by atoms with Gasteiger partial charge in [-0.3, -0.25) is 4.99 Å². The molecular weight excluding hydrogens is 410 g/mol. The first-order valence-corrected chi connectivity index (χ1v) is 12.0. The molecule has 0 bridgehead atoms. The number of hydrogen-bond acceptors (Lipinski definition) is 4. The molecule has 0 aromatic heterocycles. The number of benzene rings is 2. The third-order valence-electron chi connectivity index (χ3n) is 5.88. The summed E-state index contributed by atoms with van der Waals surface area (Å²) in [6, 6.07) is 13.6. The molecule has 0 saturated carbocycles. The van der Waals surface area contributed by atoms with Gasteiger partial charge in [-0.2, -0.15) is 0 Å². The van der Waals surface area contributed by atoms with E-state index in [1.165, 1.54) is 21.1 Å². The Labute approximate surface area is 186 Å². The van der Waals surface area contributed by atoms with Gasteiger partial charge in [0, 0.05) is 59.6 Å². The van der Waals surface area contributed by atoms with Crippen molar-refractivity contribution in [2.45, 2.75) is 25.3 Å². The summed E-state index contributed by atoms with van der Waals surface area (Å²) in [6.45, 7) is 8.25. The van der Waals surface area contributed by atoms with Gasteiger partial charge in [0.2, 0.25) is 10.0 Å².